The molecule has 0 aliphatic carbocycles. The van der Waals surface area contributed by atoms with E-state index in [2.05, 4.69) is 20.0 Å². The molecule has 0 aromatic rings. The number of hydrogen-bond acceptors (Lipinski definition) is 1. The molecular formula is C15H34OSi. The van der Waals surface area contributed by atoms with Crippen LogP contribution in [0.15, 0.2) is 0 Å². The third-order valence-corrected chi connectivity index (χ3v) is 5.50. The van der Waals surface area contributed by atoms with Crippen LogP contribution in [0.25, 0.3) is 0 Å². The van der Waals surface area contributed by atoms with E-state index in [0.29, 0.717) is 0 Å². The van der Waals surface area contributed by atoms with E-state index in [4.69, 9.17) is 0 Å². The van der Waals surface area contributed by atoms with Crippen LogP contribution < -0.4 is 0 Å². The topological polar surface area (TPSA) is 20.2 Å². The standard InChI is InChI=1S/C15H34OSi/c1-4-5-6-7-8-9-10-11-12-13-14-15(16)17(2)3/h15-17H,4-14H2,1-3H3. The van der Waals surface area contributed by atoms with E-state index in [-0.39, 0.29) is 5.73 Å². The van der Waals surface area contributed by atoms with Gasteiger partial charge in [0.1, 0.15) is 0 Å². The van der Waals surface area contributed by atoms with E-state index in [1.165, 1.54) is 64.2 Å². The van der Waals surface area contributed by atoms with Crippen LogP contribution in [0.4, 0.5) is 0 Å². The quantitative estimate of drug-likeness (QED) is 0.398. The fraction of sp³-hybridized carbons (Fsp3) is 1.00. The van der Waals surface area contributed by atoms with Crippen LogP contribution in [-0.2, 0) is 0 Å². The van der Waals surface area contributed by atoms with Crippen molar-refractivity contribution in [2.24, 2.45) is 0 Å². The maximum Gasteiger partial charge on any atom is 0.0652 e. The lowest BCUT2D eigenvalue weighted by Crippen LogP contribution is -2.23. The molecule has 1 N–H and O–H groups in total. The van der Waals surface area contributed by atoms with Crippen LogP contribution in [0.5, 0.6) is 0 Å². The van der Waals surface area contributed by atoms with Crippen LogP contribution in [0.1, 0.15) is 77.6 Å². The molecular weight excluding hydrogens is 224 g/mol. The summed E-state index contributed by atoms with van der Waals surface area (Å²) in [5.74, 6) is 0. The molecule has 104 valence electrons. The average Bonchev–Trinajstić information content (AvgIpc) is 2.31. The third-order valence-electron chi connectivity index (χ3n) is 3.62. The van der Waals surface area contributed by atoms with Gasteiger partial charge in [-0.25, -0.2) is 0 Å². The van der Waals surface area contributed by atoms with Gasteiger partial charge < -0.3 is 5.11 Å². The SMILES string of the molecule is CCCCCCCCCCCCC(O)[SiH](C)C. The molecule has 0 aromatic carbocycles. The van der Waals surface area contributed by atoms with Gasteiger partial charge in [-0.2, -0.15) is 0 Å². The van der Waals surface area contributed by atoms with Crippen molar-refractivity contribution in [2.45, 2.75) is 96.4 Å². The molecule has 0 rings (SSSR count). The first-order valence-corrected chi connectivity index (χ1v) is 10.8. The summed E-state index contributed by atoms with van der Waals surface area (Å²) in [6.45, 7) is 6.75. The van der Waals surface area contributed by atoms with E-state index in [1.807, 2.05) is 0 Å². The van der Waals surface area contributed by atoms with Gasteiger partial charge in [-0.05, 0) is 6.42 Å². The predicted octanol–water partition coefficient (Wildman–Crippen LogP) is 4.68. The van der Waals surface area contributed by atoms with E-state index < -0.39 is 8.80 Å². The number of aliphatic hydroxyl groups excluding tert-OH is 1. The van der Waals surface area contributed by atoms with Crippen LogP contribution in [-0.4, -0.2) is 19.6 Å². The number of rotatable bonds is 12. The lowest BCUT2D eigenvalue weighted by Gasteiger charge is -2.12. The number of unbranched alkanes of at least 4 members (excludes halogenated alkanes) is 9. The summed E-state index contributed by atoms with van der Waals surface area (Å²) in [6, 6.07) is 0. The highest BCUT2D eigenvalue weighted by Crippen LogP contribution is 2.12. The zero-order valence-corrected chi connectivity index (χ0v) is 13.5. The normalized spacial score (nSPS) is 13.2. The Morgan fingerprint density at radius 1 is 0.765 bits per heavy atom. The molecule has 0 aliphatic rings. The van der Waals surface area contributed by atoms with E-state index in [1.54, 1.807) is 0 Å². The summed E-state index contributed by atoms with van der Waals surface area (Å²) < 4.78 is 0. The molecule has 1 unspecified atom stereocenters. The second-order valence-corrected chi connectivity index (χ2v) is 9.04. The van der Waals surface area contributed by atoms with Crippen LogP contribution in [0.2, 0.25) is 13.1 Å². The van der Waals surface area contributed by atoms with Crippen LogP contribution >= 0.6 is 0 Å². The van der Waals surface area contributed by atoms with Gasteiger partial charge in [-0.1, -0.05) is 84.2 Å². The lowest BCUT2D eigenvalue weighted by atomic mass is 10.1. The van der Waals surface area contributed by atoms with Crippen molar-refractivity contribution >= 4 is 8.80 Å². The fourth-order valence-electron chi connectivity index (χ4n) is 2.17. The molecule has 0 fully saturated rings. The minimum absolute atomic E-state index is 0.0593. The zero-order valence-electron chi connectivity index (χ0n) is 12.4. The third kappa shape index (κ3) is 12.4. The Kier molecular flexibility index (Phi) is 12.8. The lowest BCUT2D eigenvalue weighted by molar-refractivity contribution is 0.232. The first kappa shape index (κ1) is 17.2. The molecule has 2 heteroatoms. The second-order valence-electron chi connectivity index (χ2n) is 5.78. The van der Waals surface area contributed by atoms with E-state index in [0.717, 1.165) is 6.42 Å². The Morgan fingerprint density at radius 3 is 1.59 bits per heavy atom. The summed E-state index contributed by atoms with van der Waals surface area (Å²) in [5, 5.41) is 9.71. The predicted molar refractivity (Wildman–Crippen MR) is 81.3 cm³/mol. The highest BCUT2D eigenvalue weighted by atomic mass is 28.3. The molecule has 0 radical (unpaired) electrons. The Balaban J connectivity index is 3.03. The minimum Gasteiger partial charge on any atom is -0.397 e. The molecule has 0 bridgehead atoms. The van der Waals surface area contributed by atoms with Gasteiger partial charge in [0.05, 0.1) is 8.80 Å². The largest absolute Gasteiger partial charge is 0.397 e. The van der Waals surface area contributed by atoms with Gasteiger partial charge in [0.25, 0.3) is 0 Å². The first-order valence-electron chi connectivity index (χ1n) is 7.86. The monoisotopic (exact) mass is 258 g/mol. The Morgan fingerprint density at radius 2 is 1.18 bits per heavy atom. The maximum atomic E-state index is 9.71. The maximum absolute atomic E-state index is 9.71. The summed E-state index contributed by atoms with van der Waals surface area (Å²) in [7, 11) is -0.790. The minimum atomic E-state index is -0.790. The molecule has 17 heavy (non-hydrogen) atoms. The highest BCUT2D eigenvalue weighted by Gasteiger charge is 2.08. The van der Waals surface area contributed by atoms with Crippen LogP contribution in [0.3, 0.4) is 0 Å². The van der Waals surface area contributed by atoms with Gasteiger partial charge in [0, 0.05) is 5.73 Å². The van der Waals surface area contributed by atoms with Crippen molar-refractivity contribution in [3.63, 3.8) is 0 Å². The summed E-state index contributed by atoms with van der Waals surface area (Å²) in [6.07, 6.45) is 14.9. The fourth-order valence-corrected chi connectivity index (χ4v) is 3.08. The summed E-state index contributed by atoms with van der Waals surface area (Å²) in [4.78, 5) is 0. The molecule has 0 heterocycles. The zero-order chi connectivity index (χ0) is 12.9. The molecule has 0 saturated carbocycles. The second kappa shape index (κ2) is 12.6. The van der Waals surface area contributed by atoms with Crippen LogP contribution in [0, 0.1) is 0 Å². The molecule has 0 spiro atoms. The average molecular weight is 259 g/mol. The van der Waals surface area contributed by atoms with E-state index >= 15 is 0 Å². The Hall–Kier alpha value is 0.177. The highest BCUT2D eigenvalue weighted by molar-refractivity contribution is 6.57. The van der Waals surface area contributed by atoms with Gasteiger partial charge in [0.15, 0.2) is 0 Å². The molecule has 1 nitrogen and oxygen atoms in total. The molecule has 0 aromatic heterocycles. The van der Waals surface area contributed by atoms with Crippen molar-refractivity contribution in [1.29, 1.82) is 0 Å². The molecule has 0 amide bonds. The smallest absolute Gasteiger partial charge is 0.0652 e. The van der Waals surface area contributed by atoms with Gasteiger partial charge in [-0.3, -0.25) is 0 Å². The van der Waals surface area contributed by atoms with Crippen molar-refractivity contribution in [1.82, 2.24) is 0 Å². The summed E-state index contributed by atoms with van der Waals surface area (Å²) >= 11 is 0. The molecule has 0 aliphatic heterocycles. The number of aliphatic hydroxyl groups is 1. The Labute approximate surface area is 111 Å². The number of hydrogen-bond donors (Lipinski definition) is 1. The first-order chi connectivity index (χ1) is 8.18. The van der Waals surface area contributed by atoms with Gasteiger partial charge in [-0.15, -0.1) is 0 Å². The molecule has 1 atom stereocenters. The Bertz CT molecular complexity index is 148. The van der Waals surface area contributed by atoms with Gasteiger partial charge in [0.2, 0.25) is 0 Å². The van der Waals surface area contributed by atoms with Crippen molar-refractivity contribution in [2.75, 3.05) is 0 Å². The summed E-state index contributed by atoms with van der Waals surface area (Å²) in [5.41, 5.74) is 0.0593. The van der Waals surface area contributed by atoms with Gasteiger partial charge >= 0.3 is 0 Å². The molecule has 0 saturated heterocycles. The van der Waals surface area contributed by atoms with E-state index in [9.17, 15) is 5.11 Å². The van der Waals surface area contributed by atoms with Crippen molar-refractivity contribution in [3.05, 3.63) is 0 Å². The van der Waals surface area contributed by atoms with Crippen molar-refractivity contribution < 1.29 is 5.11 Å². The van der Waals surface area contributed by atoms with Crippen molar-refractivity contribution in [3.8, 4) is 0 Å².